The van der Waals surface area contributed by atoms with E-state index >= 15 is 0 Å². The summed E-state index contributed by atoms with van der Waals surface area (Å²) in [5, 5.41) is 0. The largest absolute Gasteiger partial charge is 0.483 e. The molecule has 0 amide bonds. The van der Waals surface area contributed by atoms with Crippen LogP contribution in [0.15, 0.2) is 54.6 Å². The van der Waals surface area contributed by atoms with E-state index in [2.05, 4.69) is 19.1 Å². The molecule has 0 aliphatic carbocycles. The van der Waals surface area contributed by atoms with Crippen LogP contribution >= 0.6 is 0 Å². The van der Waals surface area contributed by atoms with Crippen LogP contribution in [-0.4, -0.2) is 11.9 Å². The third-order valence-corrected chi connectivity index (χ3v) is 3.48. The van der Waals surface area contributed by atoms with E-state index in [1.807, 2.05) is 42.5 Å². The summed E-state index contributed by atoms with van der Waals surface area (Å²) in [6.07, 6.45) is 3.01. The summed E-state index contributed by atoms with van der Waals surface area (Å²) in [6, 6.07) is 17.3. The van der Waals surface area contributed by atoms with E-state index in [0.717, 1.165) is 12.2 Å². The molecular formula is C19H22O2. The van der Waals surface area contributed by atoms with E-state index in [9.17, 15) is 4.79 Å². The van der Waals surface area contributed by atoms with Crippen LogP contribution in [0.1, 0.15) is 42.6 Å². The fourth-order valence-corrected chi connectivity index (χ4v) is 2.21. The maximum Gasteiger partial charge on any atom is 0.202 e. The molecule has 0 aliphatic rings. The molecule has 21 heavy (non-hydrogen) atoms. The summed E-state index contributed by atoms with van der Waals surface area (Å²) in [5.41, 5.74) is 2.00. The summed E-state index contributed by atoms with van der Waals surface area (Å²) in [7, 11) is 0. The third-order valence-electron chi connectivity index (χ3n) is 3.48. The van der Waals surface area contributed by atoms with Crippen LogP contribution in [0.5, 0.6) is 5.75 Å². The van der Waals surface area contributed by atoms with Gasteiger partial charge in [-0.15, -0.1) is 0 Å². The molecule has 1 atom stereocenters. The summed E-state index contributed by atoms with van der Waals surface area (Å²) in [4.78, 5) is 12.2. The topological polar surface area (TPSA) is 26.3 Å². The Morgan fingerprint density at radius 3 is 2.33 bits per heavy atom. The third kappa shape index (κ3) is 4.45. The summed E-state index contributed by atoms with van der Waals surface area (Å²) >= 11 is 0. The van der Waals surface area contributed by atoms with Crippen LogP contribution in [0.4, 0.5) is 0 Å². The van der Waals surface area contributed by atoms with Gasteiger partial charge in [-0.3, -0.25) is 4.79 Å². The Balaban J connectivity index is 1.96. The predicted octanol–water partition coefficient (Wildman–Crippen LogP) is 4.68. The first-order chi connectivity index (χ1) is 10.2. The highest BCUT2D eigenvalue weighted by molar-refractivity contribution is 5.99. The Kier molecular flexibility index (Phi) is 5.56. The Labute approximate surface area is 126 Å². The number of carbonyl (C=O) groups is 1. The maximum atomic E-state index is 12.2. The molecule has 2 aromatic carbocycles. The number of carbonyl (C=O) groups excluding carboxylic acids is 1. The SMILES string of the molecule is CCCCc1ccc(OC(C)C(=O)c2ccccc2)cc1. The molecule has 0 aromatic heterocycles. The quantitative estimate of drug-likeness (QED) is 0.689. The van der Waals surface area contributed by atoms with Crippen molar-refractivity contribution in [2.24, 2.45) is 0 Å². The molecule has 0 N–H and O–H groups in total. The average molecular weight is 282 g/mol. The lowest BCUT2D eigenvalue weighted by molar-refractivity contribution is 0.0818. The second-order valence-corrected chi connectivity index (χ2v) is 5.24. The van der Waals surface area contributed by atoms with Gasteiger partial charge in [-0.2, -0.15) is 0 Å². The monoisotopic (exact) mass is 282 g/mol. The van der Waals surface area contributed by atoms with E-state index in [1.165, 1.54) is 18.4 Å². The van der Waals surface area contributed by atoms with E-state index in [-0.39, 0.29) is 5.78 Å². The van der Waals surface area contributed by atoms with Crippen molar-refractivity contribution in [3.63, 3.8) is 0 Å². The molecular weight excluding hydrogens is 260 g/mol. The van der Waals surface area contributed by atoms with Crippen LogP contribution in [0.3, 0.4) is 0 Å². The summed E-state index contributed by atoms with van der Waals surface area (Å²) in [5.74, 6) is 0.748. The Hall–Kier alpha value is -2.09. The normalized spacial score (nSPS) is 11.9. The van der Waals surface area contributed by atoms with E-state index in [4.69, 9.17) is 4.74 Å². The number of unbranched alkanes of at least 4 members (excludes halogenated alkanes) is 1. The number of ketones is 1. The van der Waals surface area contributed by atoms with E-state index in [1.54, 1.807) is 6.92 Å². The highest BCUT2D eigenvalue weighted by Gasteiger charge is 2.16. The van der Waals surface area contributed by atoms with Gasteiger partial charge in [0, 0.05) is 5.56 Å². The Morgan fingerprint density at radius 1 is 1.05 bits per heavy atom. The molecule has 0 saturated heterocycles. The zero-order chi connectivity index (χ0) is 15.1. The van der Waals surface area contributed by atoms with Crippen molar-refractivity contribution in [3.05, 3.63) is 65.7 Å². The molecule has 0 saturated carbocycles. The van der Waals surface area contributed by atoms with Gasteiger partial charge >= 0.3 is 0 Å². The lowest BCUT2D eigenvalue weighted by atomic mass is 10.1. The fourth-order valence-electron chi connectivity index (χ4n) is 2.21. The molecule has 2 rings (SSSR count). The van der Waals surface area contributed by atoms with Gasteiger partial charge in [-0.05, 0) is 37.5 Å². The summed E-state index contributed by atoms with van der Waals surface area (Å²) < 4.78 is 5.74. The minimum Gasteiger partial charge on any atom is -0.483 e. The molecule has 2 heteroatoms. The molecule has 0 spiro atoms. The minimum absolute atomic E-state index is 0.00524. The van der Waals surface area contributed by atoms with E-state index < -0.39 is 6.10 Å². The second-order valence-electron chi connectivity index (χ2n) is 5.24. The van der Waals surface area contributed by atoms with Gasteiger partial charge in [0.05, 0.1) is 0 Å². The molecule has 0 aliphatic heterocycles. The van der Waals surface area contributed by atoms with Crippen molar-refractivity contribution in [2.75, 3.05) is 0 Å². The smallest absolute Gasteiger partial charge is 0.202 e. The van der Waals surface area contributed by atoms with Crippen molar-refractivity contribution in [3.8, 4) is 5.75 Å². The minimum atomic E-state index is -0.478. The first-order valence-corrected chi connectivity index (χ1v) is 7.55. The van der Waals surface area contributed by atoms with Crippen LogP contribution in [0, 0.1) is 0 Å². The number of ether oxygens (including phenoxy) is 1. The first-order valence-electron chi connectivity index (χ1n) is 7.55. The molecule has 0 bridgehead atoms. The van der Waals surface area contributed by atoms with Gasteiger partial charge < -0.3 is 4.74 Å². The zero-order valence-corrected chi connectivity index (χ0v) is 12.7. The Bertz CT molecular complexity index is 558. The lowest BCUT2D eigenvalue weighted by Crippen LogP contribution is -2.23. The zero-order valence-electron chi connectivity index (χ0n) is 12.7. The van der Waals surface area contributed by atoms with Crippen LogP contribution in [0.2, 0.25) is 0 Å². The molecule has 2 aromatic rings. The van der Waals surface area contributed by atoms with E-state index in [0.29, 0.717) is 5.56 Å². The standard InChI is InChI=1S/C19H22O2/c1-3-4-8-16-11-13-18(14-12-16)21-15(2)19(20)17-9-6-5-7-10-17/h5-7,9-15H,3-4,8H2,1-2H3. The molecule has 110 valence electrons. The molecule has 2 nitrogen and oxygen atoms in total. The van der Waals surface area contributed by atoms with Crippen LogP contribution < -0.4 is 4.74 Å². The number of hydrogen-bond acceptors (Lipinski definition) is 2. The highest BCUT2D eigenvalue weighted by atomic mass is 16.5. The number of hydrogen-bond donors (Lipinski definition) is 0. The first kappa shape index (κ1) is 15.3. The van der Waals surface area contributed by atoms with Gasteiger partial charge in [-0.1, -0.05) is 55.8 Å². The Morgan fingerprint density at radius 2 is 1.71 bits per heavy atom. The van der Waals surface area contributed by atoms with Gasteiger partial charge in [-0.25, -0.2) is 0 Å². The van der Waals surface area contributed by atoms with Crippen molar-refractivity contribution < 1.29 is 9.53 Å². The lowest BCUT2D eigenvalue weighted by Gasteiger charge is -2.14. The van der Waals surface area contributed by atoms with Crippen LogP contribution in [0.25, 0.3) is 0 Å². The van der Waals surface area contributed by atoms with Crippen molar-refractivity contribution in [1.29, 1.82) is 0 Å². The van der Waals surface area contributed by atoms with Gasteiger partial charge in [0.2, 0.25) is 5.78 Å². The second kappa shape index (κ2) is 7.63. The van der Waals surface area contributed by atoms with Crippen LogP contribution in [-0.2, 0) is 6.42 Å². The van der Waals surface area contributed by atoms with Gasteiger partial charge in [0.15, 0.2) is 6.10 Å². The van der Waals surface area contributed by atoms with Crippen molar-refractivity contribution >= 4 is 5.78 Å². The maximum absolute atomic E-state index is 12.2. The van der Waals surface area contributed by atoms with Crippen molar-refractivity contribution in [2.45, 2.75) is 39.2 Å². The fraction of sp³-hybridized carbons (Fsp3) is 0.316. The summed E-state index contributed by atoms with van der Waals surface area (Å²) in [6.45, 7) is 3.98. The molecule has 0 fully saturated rings. The number of benzene rings is 2. The number of aryl methyl sites for hydroxylation is 1. The molecule has 1 unspecified atom stereocenters. The average Bonchev–Trinajstić information content (AvgIpc) is 2.54. The number of rotatable bonds is 7. The number of Topliss-reactive ketones (excluding diaryl/α,β-unsaturated/α-hetero) is 1. The predicted molar refractivity (Wildman–Crippen MR) is 85.9 cm³/mol. The molecule has 0 heterocycles. The van der Waals surface area contributed by atoms with Crippen molar-refractivity contribution in [1.82, 2.24) is 0 Å². The highest BCUT2D eigenvalue weighted by Crippen LogP contribution is 2.17. The van der Waals surface area contributed by atoms with Gasteiger partial charge in [0.25, 0.3) is 0 Å². The van der Waals surface area contributed by atoms with Gasteiger partial charge in [0.1, 0.15) is 5.75 Å². The molecule has 0 radical (unpaired) electrons.